The zero-order valence-electron chi connectivity index (χ0n) is 14.5. The number of fused-ring (bicyclic) bond motifs is 1. The lowest BCUT2D eigenvalue weighted by Gasteiger charge is -2.39. The van der Waals surface area contributed by atoms with Gasteiger partial charge in [0.2, 0.25) is 0 Å². The highest BCUT2D eigenvalue weighted by atomic mass is 16.2. The van der Waals surface area contributed by atoms with E-state index in [1.54, 1.807) is 11.1 Å². The Morgan fingerprint density at radius 1 is 1.32 bits per heavy atom. The molecule has 2 aromatic heterocycles. The Kier molecular flexibility index (Phi) is 3.34. The van der Waals surface area contributed by atoms with Crippen LogP contribution in [-0.2, 0) is 26.4 Å². The van der Waals surface area contributed by atoms with Gasteiger partial charge in [-0.15, -0.1) is 0 Å². The number of aromatic nitrogens is 4. The molecule has 2 aliphatic heterocycles. The minimum absolute atomic E-state index is 0.0279. The van der Waals surface area contributed by atoms with Crippen LogP contribution in [0.5, 0.6) is 0 Å². The molecule has 132 valence electrons. The van der Waals surface area contributed by atoms with E-state index in [0.717, 1.165) is 31.7 Å². The molecule has 4 heterocycles. The highest BCUT2D eigenvalue weighted by Crippen LogP contribution is 2.29. The maximum atomic E-state index is 11.8. The summed E-state index contributed by atoms with van der Waals surface area (Å²) < 4.78 is 4.07. The minimum atomic E-state index is -0.0279. The average Bonchev–Trinajstić information content (AvgIpc) is 3.28. The first-order valence-corrected chi connectivity index (χ1v) is 9.04. The Bertz CT molecular complexity index is 817. The molecule has 0 atom stereocenters. The molecule has 2 aromatic rings. The van der Waals surface area contributed by atoms with Crippen molar-refractivity contribution in [1.82, 2.24) is 29.8 Å². The fraction of sp³-hybridized carbons (Fsp3) is 0.588. The molecule has 2 saturated heterocycles. The van der Waals surface area contributed by atoms with Crippen LogP contribution in [0.2, 0.25) is 0 Å². The molecule has 2 amide bonds. The van der Waals surface area contributed by atoms with Crippen LogP contribution in [0.15, 0.2) is 12.4 Å². The van der Waals surface area contributed by atoms with Crippen molar-refractivity contribution < 1.29 is 4.79 Å². The second kappa shape index (κ2) is 5.59. The van der Waals surface area contributed by atoms with E-state index in [9.17, 15) is 4.79 Å². The van der Waals surface area contributed by atoms with Gasteiger partial charge in [0.05, 0.1) is 29.3 Å². The van der Waals surface area contributed by atoms with Gasteiger partial charge in [0, 0.05) is 46.0 Å². The second-order valence-electron chi connectivity index (χ2n) is 7.26. The number of carbonyl (C=O) groups is 1. The van der Waals surface area contributed by atoms with Gasteiger partial charge in [-0.1, -0.05) is 0 Å². The van der Waals surface area contributed by atoms with E-state index >= 15 is 0 Å². The lowest BCUT2D eigenvalue weighted by molar-refractivity contribution is 0.0880. The highest BCUT2D eigenvalue weighted by molar-refractivity contribution is 5.93. The van der Waals surface area contributed by atoms with Crippen molar-refractivity contribution in [3.8, 4) is 0 Å². The monoisotopic (exact) mass is 341 g/mol. The third kappa shape index (κ3) is 2.43. The van der Waals surface area contributed by atoms with E-state index in [1.165, 1.54) is 29.8 Å². The van der Waals surface area contributed by atoms with Crippen molar-refractivity contribution in [2.75, 3.05) is 31.1 Å². The second-order valence-corrected chi connectivity index (χ2v) is 7.26. The van der Waals surface area contributed by atoms with Crippen LogP contribution in [0.4, 0.5) is 10.5 Å². The fourth-order valence-corrected chi connectivity index (χ4v) is 4.22. The van der Waals surface area contributed by atoms with Crippen LogP contribution in [0.3, 0.4) is 0 Å². The molecule has 0 saturated carbocycles. The molecule has 0 unspecified atom stereocenters. The lowest BCUT2D eigenvalue weighted by Crippen LogP contribution is -2.47. The van der Waals surface area contributed by atoms with Gasteiger partial charge < -0.3 is 5.32 Å². The Morgan fingerprint density at radius 3 is 3.00 bits per heavy atom. The number of amides is 2. The summed E-state index contributed by atoms with van der Waals surface area (Å²) in [5.41, 5.74) is 5.04. The highest BCUT2D eigenvalue weighted by Gasteiger charge is 2.32. The molecule has 1 N–H and O–H groups in total. The Labute approximate surface area is 146 Å². The van der Waals surface area contributed by atoms with Crippen molar-refractivity contribution in [2.45, 2.75) is 31.8 Å². The SMILES string of the molecule is Cn1nc2c(c1CN1CC(n3cc(N4CCNC4=O)cn3)C1)CCC2. The largest absolute Gasteiger partial charge is 0.336 e. The van der Waals surface area contributed by atoms with Crippen molar-refractivity contribution in [2.24, 2.45) is 7.05 Å². The molecule has 0 bridgehead atoms. The van der Waals surface area contributed by atoms with Gasteiger partial charge in [-0.3, -0.25) is 19.2 Å². The molecule has 25 heavy (non-hydrogen) atoms. The maximum absolute atomic E-state index is 11.8. The van der Waals surface area contributed by atoms with Gasteiger partial charge >= 0.3 is 6.03 Å². The maximum Gasteiger partial charge on any atom is 0.322 e. The number of hydrogen-bond acceptors (Lipinski definition) is 4. The van der Waals surface area contributed by atoms with Gasteiger partial charge in [0.15, 0.2) is 0 Å². The Balaban J connectivity index is 1.23. The van der Waals surface area contributed by atoms with Gasteiger partial charge in [-0.05, 0) is 24.8 Å². The summed E-state index contributed by atoms with van der Waals surface area (Å²) in [6.07, 6.45) is 7.34. The predicted octanol–water partition coefficient (Wildman–Crippen LogP) is 0.692. The van der Waals surface area contributed by atoms with Crippen molar-refractivity contribution >= 4 is 11.7 Å². The summed E-state index contributed by atoms with van der Waals surface area (Å²) in [5.74, 6) is 0. The summed E-state index contributed by atoms with van der Waals surface area (Å²) in [5, 5.41) is 12.0. The first-order valence-electron chi connectivity index (χ1n) is 9.04. The van der Waals surface area contributed by atoms with E-state index in [1.807, 2.05) is 10.9 Å². The summed E-state index contributed by atoms with van der Waals surface area (Å²) in [6.45, 7) is 4.38. The van der Waals surface area contributed by atoms with Crippen molar-refractivity contribution in [3.05, 3.63) is 29.3 Å². The number of anilines is 1. The predicted molar refractivity (Wildman–Crippen MR) is 92.5 cm³/mol. The van der Waals surface area contributed by atoms with E-state index in [0.29, 0.717) is 19.1 Å². The third-order valence-corrected chi connectivity index (χ3v) is 5.64. The van der Waals surface area contributed by atoms with Crippen LogP contribution >= 0.6 is 0 Å². The molecule has 8 nitrogen and oxygen atoms in total. The van der Waals surface area contributed by atoms with Gasteiger partial charge in [-0.2, -0.15) is 10.2 Å². The standard InChI is InChI=1S/C17H23N7O/c1-21-16(14-3-2-4-15(14)20-21)11-22-8-13(9-22)24-10-12(7-19-24)23-6-5-18-17(23)25/h7,10,13H,2-6,8-9,11H2,1H3,(H,18,25). The fourth-order valence-electron chi connectivity index (χ4n) is 4.22. The summed E-state index contributed by atoms with van der Waals surface area (Å²) in [7, 11) is 2.06. The quantitative estimate of drug-likeness (QED) is 0.888. The summed E-state index contributed by atoms with van der Waals surface area (Å²) >= 11 is 0. The summed E-state index contributed by atoms with van der Waals surface area (Å²) in [6, 6.07) is 0.362. The van der Waals surface area contributed by atoms with Gasteiger partial charge in [0.25, 0.3) is 0 Å². The average molecular weight is 341 g/mol. The molecule has 5 rings (SSSR count). The number of aryl methyl sites for hydroxylation is 2. The first kappa shape index (κ1) is 14.9. The number of carbonyl (C=O) groups excluding carboxylic acids is 1. The van der Waals surface area contributed by atoms with Gasteiger partial charge in [0.1, 0.15) is 0 Å². The van der Waals surface area contributed by atoms with Crippen LogP contribution in [0.25, 0.3) is 0 Å². The molecule has 2 fully saturated rings. The van der Waals surface area contributed by atoms with E-state index in [2.05, 4.69) is 32.1 Å². The Hall–Kier alpha value is -2.35. The normalized spacial score (nSPS) is 20.8. The minimum Gasteiger partial charge on any atom is -0.336 e. The first-order chi connectivity index (χ1) is 12.2. The van der Waals surface area contributed by atoms with E-state index < -0.39 is 0 Å². The molecule has 3 aliphatic rings. The molecule has 0 radical (unpaired) electrons. The molecule has 8 heteroatoms. The molecule has 0 aromatic carbocycles. The number of rotatable bonds is 4. The zero-order chi connectivity index (χ0) is 17.0. The topological polar surface area (TPSA) is 71.2 Å². The van der Waals surface area contributed by atoms with Gasteiger partial charge in [-0.25, -0.2) is 4.79 Å². The smallest absolute Gasteiger partial charge is 0.322 e. The lowest BCUT2D eigenvalue weighted by atomic mass is 10.1. The van der Waals surface area contributed by atoms with Crippen LogP contribution < -0.4 is 10.2 Å². The van der Waals surface area contributed by atoms with E-state index in [4.69, 9.17) is 0 Å². The number of likely N-dealkylation sites (tertiary alicyclic amines) is 1. The van der Waals surface area contributed by atoms with Crippen LogP contribution in [0.1, 0.15) is 29.4 Å². The molecular formula is C17H23N7O. The van der Waals surface area contributed by atoms with Crippen LogP contribution in [0, 0.1) is 0 Å². The number of urea groups is 1. The Morgan fingerprint density at radius 2 is 2.20 bits per heavy atom. The molecular weight excluding hydrogens is 318 g/mol. The number of hydrogen-bond donors (Lipinski definition) is 1. The summed E-state index contributed by atoms with van der Waals surface area (Å²) in [4.78, 5) is 16.0. The molecule has 0 spiro atoms. The van der Waals surface area contributed by atoms with Crippen molar-refractivity contribution in [3.63, 3.8) is 0 Å². The zero-order valence-corrected chi connectivity index (χ0v) is 14.5. The van der Waals surface area contributed by atoms with Crippen molar-refractivity contribution in [1.29, 1.82) is 0 Å². The molecule has 1 aliphatic carbocycles. The van der Waals surface area contributed by atoms with Crippen LogP contribution in [-0.4, -0.2) is 56.7 Å². The third-order valence-electron chi connectivity index (χ3n) is 5.64. The number of nitrogens with one attached hydrogen (secondary N) is 1. The number of nitrogens with zero attached hydrogens (tertiary/aromatic N) is 6. The van der Waals surface area contributed by atoms with E-state index in [-0.39, 0.29) is 6.03 Å².